The Bertz CT molecular complexity index is 6980. The number of carbonyl (C=O) groups excluding carboxylic acids is 2. The van der Waals surface area contributed by atoms with Crippen molar-refractivity contribution < 1.29 is 39.1 Å². The molecule has 0 atom stereocenters. The Kier molecular flexibility index (Phi) is 17.8. The summed E-state index contributed by atoms with van der Waals surface area (Å²) < 4.78 is 97.7. The van der Waals surface area contributed by atoms with Crippen molar-refractivity contribution in [1.29, 1.82) is 0 Å². The van der Waals surface area contributed by atoms with Gasteiger partial charge in [-0.25, -0.2) is 25.3 Å². The minimum Gasteiger partial charge on any atom is -0.311 e. The van der Waals surface area contributed by atoms with Crippen molar-refractivity contribution in [2.75, 3.05) is 19.6 Å². The van der Waals surface area contributed by atoms with Crippen LogP contribution in [-0.2, 0) is 39.0 Å². The highest BCUT2D eigenvalue weighted by molar-refractivity contribution is 8.00. The van der Waals surface area contributed by atoms with Gasteiger partial charge in [0.15, 0.2) is 11.6 Å². The first-order valence-corrected chi connectivity index (χ1v) is 43.5. The average molecular weight is 1580 g/mol. The Balaban J connectivity index is 0.000000156. The zero-order valence-corrected chi connectivity index (χ0v) is 65.0. The zero-order valence-electron chi connectivity index (χ0n) is 61.8. The van der Waals surface area contributed by atoms with Crippen molar-refractivity contribution in [3.63, 3.8) is 0 Å². The number of carbonyl (C=O) groups is 2. The molecule has 13 nitrogen and oxygen atoms in total. The smallest absolute Gasteiger partial charge is 0.210 e. The number of ketones is 2. The molecule has 0 amide bonds. The monoisotopic (exact) mass is 1580 g/mol. The number of hydrogen-bond donors (Lipinski definition) is 0. The van der Waals surface area contributed by atoms with E-state index in [9.17, 15) is 39.1 Å². The van der Waals surface area contributed by atoms with Gasteiger partial charge in [0, 0.05) is 77.3 Å². The first kappa shape index (κ1) is 72.2. The molecule has 0 N–H and O–H groups in total. The van der Waals surface area contributed by atoms with E-state index in [0.717, 1.165) is 84.7 Å². The summed E-state index contributed by atoms with van der Waals surface area (Å²) in [5.74, 6) is 3.44. The molecule has 4 aliphatic heterocycles. The topological polar surface area (TPSA) is 167 Å². The predicted molar refractivity (Wildman–Crippen MR) is 461 cm³/mol. The molecule has 16 aromatic carbocycles. The van der Waals surface area contributed by atoms with Gasteiger partial charge in [0.1, 0.15) is 0 Å². The lowest BCUT2D eigenvalue weighted by atomic mass is 9.95. The molecule has 0 saturated carbocycles. The fraction of sp³-hybridized carbons (Fsp3) is 0. The second-order valence-corrected chi connectivity index (χ2v) is 36.3. The summed E-state index contributed by atoms with van der Waals surface area (Å²) in [7, 11) is -14.5. The van der Waals surface area contributed by atoms with Crippen LogP contribution in [0.15, 0.2) is 427 Å². The zero-order chi connectivity index (χ0) is 79.2. The molecule has 4 heterocycles. The largest absolute Gasteiger partial charge is 0.311 e. The van der Waals surface area contributed by atoms with Crippen LogP contribution >= 0.6 is 0 Å². The molecule has 0 saturated heterocycles. The van der Waals surface area contributed by atoms with Crippen molar-refractivity contribution in [3.05, 3.63) is 411 Å². The van der Waals surface area contributed by atoms with E-state index < -0.39 is 39.0 Å². The third-order valence-corrected chi connectivity index (χ3v) is 29.3. The first-order valence-electron chi connectivity index (χ1n) is 37.4. The van der Waals surface area contributed by atoms with Crippen LogP contribution in [0.25, 0.3) is 44.5 Å². The van der Waals surface area contributed by atoms with Gasteiger partial charge in [-0.15, -0.1) is 0 Å². The Morgan fingerprint density at radius 2 is 0.448 bits per heavy atom. The molecule has 0 spiro atoms. The maximum absolute atomic E-state index is 14.3. The van der Waals surface area contributed by atoms with Crippen LogP contribution in [0.5, 0.6) is 0 Å². The summed E-state index contributed by atoms with van der Waals surface area (Å²) in [6.45, 7) is 0. The third kappa shape index (κ3) is 12.3. The molecule has 0 unspecified atom stereocenters. The number of para-hydroxylation sites is 8. The molecule has 17 heteroatoms. The molecule has 0 aromatic heterocycles. The lowest BCUT2D eigenvalue weighted by Gasteiger charge is -2.35. The fourth-order valence-electron chi connectivity index (χ4n) is 16.0. The van der Waals surface area contributed by atoms with Crippen molar-refractivity contribution in [2.45, 2.75) is 39.2 Å². The molecule has 16 aromatic rings. The molecule has 4 aliphatic rings. The van der Waals surface area contributed by atoms with Gasteiger partial charge in [0.25, 0.3) is 0 Å². The fourth-order valence-corrected chi connectivity index (χ4v) is 22.8. The summed E-state index contributed by atoms with van der Waals surface area (Å²) in [5, 5.41) is 0. The van der Waals surface area contributed by atoms with E-state index >= 15 is 0 Å². The second-order valence-electron chi connectivity index (χ2n) is 28.4. The number of anilines is 12. The number of fused-ring (bicyclic) bond motifs is 8. The number of hydrogen-bond acceptors (Lipinski definition) is 13. The van der Waals surface area contributed by atoms with Gasteiger partial charge in [0.2, 0.25) is 29.5 Å². The van der Waals surface area contributed by atoms with Gasteiger partial charge < -0.3 is 19.6 Å². The van der Waals surface area contributed by atoms with Gasteiger partial charge in [-0.05, 0) is 245 Å². The van der Waals surface area contributed by atoms with Crippen LogP contribution in [-0.4, -0.2) is 46.9 Å². The molecule has 560 valence electrons. The molecule has 0 fully saturated rings. The first-order chi connectivity index (χ1) is 56.4. The lowest BCUT2D eigenvalue weighted by Crippen LogP contribution is -2.22. The number of rotatable bonds is 12. The minimum atomic E-state index is -4.07. The molecule has 20 rings (SSSR count). The van der Waals surface area contributed by atoms with E-state index in [1.807, 2.05) is 229 Å². The number of sulfone groups is 3. The van der Waals surface area contributed by atoms with Crippen LogP contribution in [0.3, 0.4) is 0 Å². The molecule has 0 aliphatic carbocycles. The Morgan fingerprint density at radius 3 is 0.776 bits per heavy atom. The maximum atomic E-state index is 14.3. The number of benzene rings is 16. The Labute approximate surface area is 672 Å². The highest BCUT2D eigenvalue weighted by Gasteiger charge is 2.39. The van der Waals surface area contributed by atoms with Gasteiger partial charge in [-0.2, -0.15) is 0 Å². The molecule has 0 radical (unpaired) electrons. The molecule has 0 bridgehead atoms. The van der Waals surface area contributed by atoms with Crippen LogP contribution in [0.1, 0.15) is 31.8 Å². The van der Waals surface area contributed by atoms with Gasteiger partial charge in [-0.3, -0.25) is 13.8 Å². The maximum Gasteiger partial charge on any atom is 0.210 e. The summed E-state index contributed by atoms with van der Waals surface area (Å²) in [4.78, 5) is 38.1. The minimum absolute atomic E-state index is 0.0264. The second kappa shape index (κ2) is 28.5. The van der Waals surface area contributed by atoms with Crippen LogP contribution in [0, 0.1) is 0 Å². The van der Waals surface area contributed by atoms with Crippen molar-refractivity contribution in [1.82, 2.24) is 0 Å². The van der Waals surface area contributed by atoms with E-state index in [4.69, 9.17) is 0 Å². The summed E-state index contributed by atoms with van der Waals surface area (Å²) in [6.07, 6.45) is 0. The highest BCUT2D eigenvalue weighted by Crippen LogP contribution is 2.52. The van der Waals surface area contributed by atoms with E-state index in [2.05, 4.69) is 69.1 Å². The molecular weight excluding hydrogens is 1520 g/mol. The summed E-state index contributed by atoms with van der Waals surface area (Å²) in [5.41, 5.74) is 16.8. The standard InChI is InChI=1S/C50H32N2O6S3.C49H34N2O3S/c1-59(54)45-14-6-2-10-40(45)51(41-11-3-7-15-46(41)59)36-26-20-33(21-27-36)35-22-28-38-49(31-35)60(55,56)44-29-23-34(30-39(44)50(38)53)32-18-24-37(25-19-32)52-42-12-4-8-16-47(42)61(57,58)48-17-9-5-13-43(48)52;52-49-45-31-25-38(36-23-29-44(30-24-36)51(41-17-9-3-10-18-41)42-19-11-4-12-20-42)34-48(45)55(53,54)47-32-26-37(33-46(47)49)35-21-27-43(28-22-35)50(39-13-5-1-6-14-39)40-15-7-2-8-16-40/h2-31H,1H2;1-34H. The van der Waals surface area contributed by atoms with E-state index in [-0.39, 0.29) is 63.2 Å². The lowest BCUT2D eigenvalue weighted by molar-refractivity contribution is 0.102. The Hall–Kier alpha value is -14.1. The summed E-state index contributed by atoms with van der Waals surface area (Å²) >= 11 is 0. The highest BCUT2D eigenvalue weighted by atomic mass is 32.2. The van der Waals surface area contributed by atoms with Crippen molar-refractivity contribution in [3.8, 4) is 44.5 Å². The van der Waals surface area contributed by atoms with Crippen LogP contribution in [0.2, 0.25) is 0 Å². The normalized spacial score (nSPS) is 14.4. The predicted octanol–water partition coefficient (Wildman–Crippen LogP) is 23.3. The van der Waals surface area contributed by atoms with Crippen LogP contribution < -0.4 is 19.6 Å². The number of nitrogens with zero attached hydrogens (tertiary/aromatic N) is 4. The van der Waals surface area contributed by atoms with Crippen LogP contribution in [0.4, 0.5) is 68.2 Å². The van der Waals surface area contributed by atoms with E-state index in [1.54, 1.807) is 109 Å². The van der Waals surface area contributed by atoms with Gasteiger partial charge in [-0.1, -0.05) is 194 Å². The summed E-state index contributed by atoms with van der Waals surface area (Å²) in [6, 6.07) is 121. The SMILES string of the molecule is C=S1(=O)c2ccccc2N(c2ccc(-c3ccc4c(c3)S(=O)(=O)c3ccc(-c5ccc(N6c7ccccc7S(=O)(=O)c7ccccc76)cc5)cc3C4=O)cc2)c2ccccc21.O=C1c2cc(-c3ccc(N(c4ccccc4)c4ccccc4)cc3)ccc2S(=O)(=O)c2cc(-c3ccc(N(c4ccccc4)c4ccccc4)cc3)ccc21. The van der Waals surface area contributed by atoms with E-state index in [1.165, 1.54) is 6.07 Å². The van der Waals surface area contributed by atoms with Crippen molar-refractivity contribution in [2.24, 2.45) is 0 Å². The molecule has 116 heavy (non-hydrogen) atoms. The quantitative estimate of drug-likeness (QED) is 0.106. The molecular formula is C99H66N4O9S4. The van der Waals surface area contributed by atoms with Crippen molar-refractivity contribution >= 4 is 125 Å². The van der Waals surface area contributed by atoms with Gasteiger partial charge in [0.05, 0.1) is 61.9 Å². The Morgan fingerprint density at radius 1 is 0.207 bits per heavy atom. The third-order valence-electron chi connectivity index (χ3n) is 21.7. The average Bonchev–Trinajstić information content (AvgIpc) is 0.739. The van der Waals surface area contributed by atoms with Gasteiger partial charge >= 0.3 is 0 Å². The van der Waals surface area contributed by atoms with E-state index in [0.29, 0.717) is 37.9 Å².